The maximum Gasteiger partial charge on any atom is 0.223 e. The van der Waals surface area contributed by atoms with Gasteiger partial charge in [-0.3, -0.25) is 9.78 Å². The van der Waals surface area contributed by atoms with Crippen molar-refractivity contribution in [2.24, 2.45) is 5.92 Å². The number of aromatic nitrogens is 3. The Hall–Kier alpha value is -2.44. The van der Waals surface area contributed by atoms with Crippen LogP contribution in [0.1, 0.15) is 36.3 Å². The number of hydrogen-bond acceptors (Lipinski definition) is 6. The van der Waals surface area contributed by atoms with Crippen LogP contribution in [0.15, 0.2) is 23.1 Å². The van der Waals surface area contributed by atoms with Crippen molar-refractivity contribution in [3.05, 3.63) is 35.6 Å². The first-order valence-corrected chi connectivity index (χ1v) is 9.34. The third-order valence-corrected chi connectivity index (χ3v) is 5.68. The van der Waals surface area contributed by atoms with Crippen LogP contribution in [0.2, 0.25) is 0 Å². The zero-order valence-electron chi connectivity index (χ0n) is 15.4. The number of piperidine rings is 1. The van der Waals surface area contributed by atoms with Crippen molar-refractivity contribution >= 4 is 11.7 Å². The van der Waals surface area contributed by atoms with Gasteiger partial charge in [-0.2, -0.15) is 0 Å². The molecule has 2 bridgehead atoms. The molecule has 3 aliphatic rings. The Morgan fingerprint density at radius 2 is 2.12 bits per heavy atom. The highest BCUT2D eigenvalue weighted by atomic mass is 16.5. The van der Waals surface area contributed by atoms with Crippen LogP contribution < -0.4 is 4.90 Å². The number of anilines is 1. The van der Waals surface area contributed by atoms with E-state index in [2.05, 4.69) is 24.9 Å². The Bertz CT molecular complexity index is 756. The van der Waals surface area contributed by atoms with E-state index in [1.165, 1.54) is 6.42 Å². The summed E-state index contributed by atoms with van der Waals surface area (Å²) in [7, 11) is 0. The molecular formula is C19H25N5O2. The minimum atomic E-state index is 0.237. The van der Waals surface area contributed by atoms with Gasteiger partial charge in [-0.15, -0.1) is 0 Å². The van der Waals surface area contributed by atoms with Crippen LogP contribution in [-0.4, -0.2) is 51.6 Å². The van der Waals surface area contributed by atoms with Crippen molar-refractivity contribution in [2.45, 2.75) is 45.6 Å². The fraction of sp³-hybridized carbons (Fsp3) is 0.579. The molecule has 0 N–H and O–H groups in total. The highest BCUT2D eigenvalue weighted by Gasteiger charge is 2.37. The topological polar surface area (TPSA) is 75.4 Å². The van der Waals surface area contributed by atoms with Crippen LogP contribution in [0.5, 0.6) is 0 Å². The number of rotatable bonds is 4. The number of carbonyl (C=O) groups excluding carboxylic acids is 1. The van der Waals surface area contributed by atoms with E-state index in [9.17, 15) is 4.79 Å². The second-order valence-electron chi connectivity index (χ2n) is 7.41. The molecule has 0 saturated carbocycles. The fourth-order valence-corrected chi connectivity index (χ4v) is 4.26. The van der Waals surface area contributed by atoms with Crippen LogP contribution in [0.4, 0.5) is 5.82 Å². The smallest absolute Gasteiger partial charge is 0.223 e. The Morgan fingerprint density at radius 3 is 2.85 bits per heavy atom. The Labute approximate surface area is 153 Å². The normalized spacial score (nSPS) is 22.5. The van der Waals surface area contributed by atoms with Crippen molar-refractivity contribution in [3.8, 4) is 0 Å². The third kappa shape index (κ3) is 3.30. The summed E-state index contributed by atoms with van der Waals surface area (Å²) in [5.74, 6) is 2.47. The molecule has 5 rings (SSSR count). The molecule has 138 valence electrons. The lowest BCUT2D eigenvalue weighted by Crippen LogP contribution is -2.47. The number of nitrogens with zero attached hydrogens (tertiary/aromatic N) is 5. The van der Waals surface area contributed by atoms with E-state index in [-0.39, 0.29) is 11.9 Å². The summed E-state index contributed by atoms with van der Waals surface area (Å²) in [5.41, 5.74) is 1.96. The Morgan fingerprint density at radius 1 is 1.23 bits per heavy atom. The maximum atomic E-state index is 12.9. The Kier molecular flexibility index (Phi) is 4.61. The standard InChI is InChI=1S/C19H25N5O2/c1-13-17(14(2)26-22-13)5-6-19(25)24-11-15-3-4-16(24)12-23(10-15)18-9-20-7-8-21-18/h7-9,15-16H,3-6,10-12H2,1-2H3/t15-,16+/m1/s1. The van der Waals surface area contributed by atoms with Crippen LogP contribution in [0.3, 0.4) is 0 Å². The predicted octanol–water partition coefficient (Wildman–Crippen LogP) is 2.14. The second-order valence-corrected chi connectivity index (χ2v) is 7.41. The predicted molar refractivity (Wildman–Crippen MR) is 96.8 cm³/mol. The van der Waals surface area contributed by atoms with Crippen molar-refractivity contribution in [3.63, 3.8) is 0 Å². The summed E-state index contributed by atoms with van der Waals surface area (Å²) in [6.07, 6.45) is 8.69. The summed E-state index contributed by atoms with van der Waals surface area (Å²) in [4.78, 5) is 26.0. The molecular weight excluding hydrogens is 330 g/mol. The van der Waals surface area contributed by atoms with E-state index < -0.39 is 0 Å². The molecule has 7 heteroatoms. The molecule has 1 amide bonds. The van der Waals surface area contributed by atoms with Crippen molar-refractivity contribution < 1.29 is 9.32 Å². The molecule has 3 fully saturated rings. The zero-order valence-corrected chi connectivity index (χ0v) is 15.4. The lowest BCUT2D eigenvalue weighted by Gasteiger charge is -2.36. The zero-order chi connectivity index (χ0) is 18.1. The molecule has 0 radical (unpaired) electrons. The number of carbonyl (C=O) groups is 1. The van der Waals surface area contributed by atoms with Crippen molar-refractivity contribution in [1.29, 1.82) is 0 Å². The molecule has 7 nitrogen and oxygen atoms in total. The van der Waals surface area contributed by atoms with Gasteiger partial charge >= 0.3 is 0 Å². The fourth-order valence-electron chi connectivity index (χ4n) is 4.26. The van der Waals surface area contributed by atoms with Gasteiger partial charge < -0.3 is 14.3 Å². The second kappa shape index (κ2) is 7.05. The summed E-state index contributed by atoms with van der Waals surface area (Å²) < 4.78 is 5.21. The van der Waals surface area contributed by atoms with Gasteiger partial charge in [0.2, 0.25) is 5.91 Å². The summed E-state index contributed by atoms with van der Waals surface area (Å²) in [5, 5.41) is 3.98. The van der Waals surface area contributed by atoms with E-state index in [1.807, 2.05) is 20.0 Å². The van der Waals surface area contributed by atoms with Gasteiger partial charge in [0, 0.05) is 50.1 Å². The molecule has 2 aromatic rings. The van der Waals surface area contributed by atoms with Gasteiger partial charge in [0.1, 0.15) is 11.6 Å². The molecule has 3 saturated heterocycles. The van der Waals surface area contributed by atoms with Gasteiger partial charge in [0.05, 0.1) is 11.9 Å². The summed E-state index contributed by atoms with van der Waals surface area (Å²) >= 11 is 0. The van der Waals surface area contributed by atoms with Gasteiger partial charge in [-0.05, 0) is 39.0 Å². The molecule has 2 atom stereocenters. The van der Waals surface area contributed by atoms with Crippen molar-refractivity contribution in [2.75, 3.05) is 24.5 Å². The molecule has 0 aliphatic carbocycles. The maximum absolute atomic E-state index is 12.9. The molecule has 26 heavy (non-hydrogen) atoms. The summed E-state index contributed by atoms with van der Waals surface area (Å²) in [6, 6.07) is 0.257. The minimum absolute atomic E-state index is 0.237. The molecule has 0 spiro atoms. The first-order valence-electron chi connectivity index (χ1n) is 9.34. The van der Waals surface area contributed by atoms with Crippen LogP contribution in [0.25, 0.3) is 0 Å². The van der Waals surface area contributed by atoms with E-state index in [4.69, 9.17) is 4.52 Å². The highest BCUT2D eigenvalue weighted by molar-refractivity contribution is 5.77. The van der Waals surface area contributed by atoms with Gasteiger partial charge in [-0.25, -0.2) is 4.98 Å². The van der Waals surface area contributed by atoms with Gasteiger partial charge in [-0.1, -0.05) is 5.16 Å². The number of hydrogen-bond donors (Lipinski definition) is 0. The molecule has 2 aromatic heterocycles. The number of aryl methyl sites for hydroxylation is 2. The first kappa shape index (κ1) is 17.0. The molecule has 5 heterocycles. The Balaban J connectivity index is 1.44. The quantitative estimate of drug-likeness (QED) is 0.836. The molecule has 0 aromatic carbocycles. The summed E-state index contributed by atoms with van der Waals surface area (Å²) in [6.45, 7) is 6.48. The molecule has 0 unspecified atom stereocenters. The van der Waals surface area contributed by atoms with Gasteiger partial charge in [0.25, 0.3) is 0 Å². The SMILES string of the molecule is Cc1noc(C)c1CCC(=O)N1C[C@@H]2CC[C@H]1CN(c1cnccn1)C2. The van der Waals surface area contributed by atoms with E-state index >= 15 is 0 Å². The van der Waals surface area contributed by atoms with Crippen LogP contribution >= 0.6 is 0 Å². The number of fused-ring (bicyclic) bond motifs is 4. The van der Waals surface area contributed by atoms with E-state index in [0.717, 1.165) is 48.9 Å². The van der Waals surface area contributed by atoms with Gasteiger partial charge in [0.15, 0.2) is 0 Å². The van der Waals surface area contributed by atoms with E-state index in [0.29, 0.717) is 18.8 Å². The van der Waals surface area contributed by atoms with Crippen LogP contribution in [-0.2, 0) is 11.2 Å². The van der Waals surface area contributed by atoms with Crippen molar-refractivity contribution in [1.82, 2.24) is 20.0 Å². The average molecular weight is 355 g/mol. The molecule has 3 aliphatic heterocycles. The van der Waals surface area contributed by atoms with E-state index in [1.54, 1.807) is 12.4 Å². The highest BCUT2D eigenvalue weighted by Crippen LogP contribution is 2.30. The number of amides is 1. The lowest BCUT2D eigenvalue weighted by atomic mass is 9.94. The monoisotopic (exact) mass is 355 g/mol. The third-order valence-electron chi connectivity index (χ3n) is 5.68. The van der Waals surface area contributed by atoms with Crippen LogP contribution in [0, 0.1) is 19.8 Å². The average Bonchev–Trinajstić information content (AvgIpc) is 2.85. The largest absolute Gasteiger partial charge is 0.361 e. The first-order chi connectivity index (χ1) is 12.6. The minimum Gasteiger partial charge on any atom is -0.361 e. The lowest BCUT2D eigenvalue weighted by molar-refractivity contribution is -0.135.